The largest absolute Gasteiger partial charge is 0.493 e. The fourth-order valence-electron chi connectivity index (χ4n) is 3.91. The summed E-state index contributed by atoms with van der Waals surface area (Å²) in [7, 11) is 4.75. The SMILES string of the molecule is CCN1CCN(c2ccccc2NC(=O)CCc2cc(OC)c(OC)c(OC)c2)CC1. The number of piperazine rings is 1. The second-order valence-corrected chi connectivity index (χ2v) is 7.52. The molecule has 0 unspecified atom stereocenters. The molecule has 7 heteroatoms. The Bertz CT molecular complexity index is 854. The molecule has 31 heavy (non-hydrogen) atoms. The van der Waals surface area contributed by atoms with Crippen molar-refractivity contribution < 1.29 is 19.0 Å². The lowest BCUT2D eigenvalue weighted by Crippen LogP contribution is -2.46. The lowest BCUT2D eigenvalue weighted by atomic mass is 10.1. The number of nitrogens with zero attached hydrogens (tertiary/aromatic N) is 2. The summed E-state index contributed by atoms with van der Waals surface area (Å²) < 4.78 is 16.2. The molecule has 0 spiro atoms. The van der Waals surface area contributed by atoms with Crippen LogP contribution in [0, 0.1) is 0 Å². The lowest BCUT2D eigenvalue weighted by molar-refractivity contribution is -0.116. The van der Waals surface area contributed by atoms with Crippen molar-refractivity contribution in [2.75, 3.05) is 64.3 Å². The highest BCUT2D eigenvalue weighted by Crippen LogP contribution is 2.38. The van der Waals surface area contributed by atoms with Gasteiger partial charge in [0.2, 0.25) is 11.7 Å². The Morgan fingerprint density at radius 3 is 2.19 bits per heavy atom. The molecule has 1 aliphatic rings. The first-order valence-corrected chi connectivity index (χ1v) is 10.7. The van der Waals surface area contributed by atoms with Gasteiger partial charge in [0.05, 0.1) is 32.7 Å². The molecule has 1 heterocycles. The number of likely N-dealkylation sites (N-methyl/N-ethyl adjacent to an activating group) is 1. The summed E-state index contributed by atoms with van der Waals surface area (Å²) in [5, 5.41) is 3.10. The topological polar surface area (TPSA) is 63.3 Å². The number of aryl methyl sites for hydroxylation is 1. The highest BCUT2D eigenvalue weighted by atomic mass is 16.5. The predicted octanol–water partition coefficient (Wildman–Crippen LogP) is 3.43. The first kappa shape index (κ1) is 22.7. The van der Waals surface area contributed by atoms with E-state index in [1.165, 1.54) is 0 Å². The number of anilines is 2. The van der Waals surface area contributed by atoms with Gasteiger partial charge < -0.3 is 29.3 Å². The molecule has 0 radical (unpaired) electrons. The third-order valence-corrected chi connectivity index (χ3v) is 5.70. The maximum atomic E-state index is 12.7. The molecule has 0 atom stereocenters. The van der Waals surface area contributed by atoms with Crippen molar-refractivity contribution in [1.82, 2.24) is 4.90 Å². The maximum absolute atomic E-state index is 12.7. The van der Waals surface area contributed by atoms with Crippen LogP contribution in [0.5, 0.6) is 17.2 Å². The molecule has 7 nitrogen and oxygen atoms in total. The first-order chi connectivity index (χ1) is 15.1. The van der Waals surface area contributed by atoms with Crippen LogP contribution in [-0.4, -0.2) is 64.9 Å². The first-order valence-electron chi connectivity index (χ1n) is 10.7. The normalized spacial score (nSPS) is 14.3. The number of benzene rings is 2. The minimum Gasteiger partial charge on any atom is -0.493 e. The van der Waals surface area contributed by atoms with Crippen LogP contribution in [0.2, 0.25) is 0 Å². The maximum Gasteiger partial charge on any atom is 0.224 e. The lowest BCUT2D eigenvalue weighted by Gasteiger charge is -2.36. The van der Waals surface area contributed by atoms with Crippen molar-refractivity contribution in [3.8, 4) is 17.2 Å². The number of methoxy groups -OCH3 is 3. The third kappa shape index (κ3) is 5.61. The summed E-state index contributed by atoms with van der Waals surface area (Å²) in [6.45, 7) is 7.28. The Hall–Kier alpha value is -2.93. The number of ether oxygens (including phenoxy) is 3. The van der Waals surface area contributed by atoms with E-state index in [1.807, 2.05) is 30.3 Å². The standard InChI is InChI=1S/C24H33N3O4/c1-5-26-12-14-27(15-13-26)20-9-7-6-8-19(20)25-23(28)11-10-18-16-21(29-2)24(31-4)22(17-18)30-3/h6-9,16-17H,5,10-15H2,1-4H3,(H,25,28). The zero-order valence-electron chi connectivity index (χ0n) is 18.9. The molecule has 2 aromatic carbocycles. The van der Waals surface area contributed by atoms with Crippen LogP contribution < -0.4 is 24.4 Å². The van der Waals surface area contributed by atoms with Crippen molar-refractivity contribution >= 4 is 17.3 Å². The van der Waals surface area contributed by atoms with Crippen LogP contribution >= 0.6 is 0 Å². The monoisotopic (exact) mass is 427 g/mol. The van der Waals surface area contributed by atoms with Crippen LogP contribution in [-0.2, 0) is 11.2 Å². The number of hydrogen-bond donors (Lipinski definition) is 1. The Morgan fingerprint density at radius 1 is 0.968 bits per heavy atom. The molecule has 3 rings (SSSR count). The van der Waals surface area contributed by atoms with Gasteiger partial charge in [0.15, 0.2) is 11.5 Å². The van der Waals surface area contributed by atoms with Crippen LogP contribution in [0.25, 0.3) is 0 Å². The van der Waals surface area contributed by atoms with Crippen LogP contribution in [0.4, 0.5) is 11.4 Å². The molecule has 0 bridgehead atoms. The number of carbonyl (C=O) groups excluding carboxylic acids is 1. The van der Waals surface area contributed by atoms with Crippen molar-refractivity contribution in [3.63, 3.8) is 0 Å². The van der Waals surface area contributed by atoms with Gasteiger partial charge in [-0.1, -0.05) is 19.1 Å². The average molecular weight is 428 g/mol. The number of nitrogens with one attached hydrogen (secondary N) is 1. The van der Waals surface area contributed by atoms with Gasteiger partial charge in [0, 0.05) is 32.6 Å². The zero-order valence-corrected chi connectivity index (χ0v) is 18.9. The molecule has 0 aliphatic carbocycles. The van der Waals surface area contributed by atoms with E-state index in [0.717, 1.165) is 49.7 Å². The number of amides is 1. The average Bonchev–Trinajstić information content (AvgIpc) is 2.82. The van der Waals surface area contributed by atoms with Crippen molar-refractivity contribution in [2.45, 2.75) is 19.8 Å². The fraction of sp³-hybridized carbons (Fsp3) is 0.458. The van der Waals surface area contributed by atoms with Gasteiger partial charge in [-0.2, -0.15) is 0 Å². The van der Waals surface area contributed by atoms with E-state index < -0.39 is 0 Å². The highest BCUT2D eigenvalue weighted by Gasteiger charge is 2.19. The molecule has 1 saturated heterocycles. The van der Waals surface area contributed by atoms with E-state index in [-0.39, 0.29) is 5.91 Å². The number of hydrogen-bond acceptors (Lipinski definition) is 6. The van der Waals surface area contributed by atoms with Crippen molar-refractivity contribution in [2.24, 2.45) is 0 Å². The minimum atomic E-state index is -0.0200. The van der Waals surface area contributed by atoms with Crippen LogP contribution in [0.15, 0.2) is 36.4 Å². The van der Waals surface area contributed by atoms with Gasteiger partial charge in [-0.25, -0.2) is 0 Å². The van der Waals surface area contributed by atoms with Gasteiger partial charge in [0.1, 0.15) is 0 Å². The van der Waals surface area contributed by atoms with Crippen molar-refractivity contribution in [1.29, 1.82) is 0 Å². The fourth-order valence-corrected chi connectivity index (χ4v) is 3.91. The third-order valence-electron chi connectivity index (χ3n) is 5.70. The van der Waals surface area contributed by atoms with E-state index >= 15 is 0 Å². The highest BCUT2D eigenvalue weighted by molar-refractivity contribution is 5.94. The smallest absolute Gasteiger partial charge is 0.224 e. The minimum absolute atomic E-state index is 0.0200. The number of carbonyl (C=O) groups is 1. The molecular formula is C24H33N3O4. The summed E-state index contributed by atoms with van der Waals surface area (Å²) in [4.78, 5) is 17.5. The predicted molar refractivity (Wildman–Crippen MR) is 124 cm³/mol. The molecule has 0 saturated carbocycles. The van der Waals surface area contributed by atoms with Crippen LogP contribution in [0.1, 0.15) is 18.9 Å². The molecule has 168 valence electrons. The summed E-state index contributed by atoms with van der Waals surface area (Å²) in [5.74, 6) is 1.71. The molecule has 1 aliphatic heterocycles. The van der Waals surface area contributed by atoms with Crippen LogP contribution in [0.3, 0.4) is 0 Å². The number of para-hydroxylation sites is 2. The molecule has 1 amide bonds. The Morgan fingerprint density at radius 2 is 1.61 bits per heavy atom. The Labute approximate surface area is 184 Å². The molecule has 2 aromatic rings. The number of rotatable bonds is 9. The summed E-state index contributed by atoms with van der Waals surface area (Å²) in [5.41, 5.74) is 2.90. The van der Waals surface area contributed by atoms with Gasteiger partial charge in [-0.3, -0.25) is 4.79 Å². The van der Waals surface area contributed by atoms with E-state index in [1.54, 1.807) is 21.3 Å². The van der Waals surface area contributed by atoms with Gasteiger partial charge in [-0.05, 0) is 42.8 Å². The zero-order chi connectivity index (χ0) is 22.2. The van der Waals surface area contributed by atoms with Gasteiger partial charge >= 0.3 is 0 Å². The molecular weight excluding hydrogens is 394 g/mol. The van der Waals surface area contributed by atoms with Gasteiger partial charge in [0.25, 0.3) is 0 Å². The van der Waals surface area contributed by atoms with E-state index in [2.05, 4.69) is 28.1 Å². The molecule has 0 aromatic heterocycles. The van der Waals surface area contributed by atoms with Gasteiger partial charge in [-0.15, -0.1) is 0 Å². The molecule has 1 N–H and O–H groups in total. The quantitative estimate of drug-likeness (QED) is 0.662. The van der Waals surface area contributed by atoms with E-state index in [4.69, 9.17) is 14.2 Å². The summed E-state index contributed by atoms with van der Waals surface area (Å²) in [6.07, 6.45) is 0.927. The van der Waals surface area contributed by atoms with E-state index in [9.17, 15) is 4.79 Å². The van der Waals surface area contributed by atoms with E-state index in [0.29, 0.717) is 30.1 Å². The Kier molecular flexibility index (Phi) is 8.00. The second kappa shape index (κ2) is 10.9. The van der Waals surface area contributed by atoms with Crippen molar-refractivity contribution in [3.05, 3.63) is 42.0 Å². The Balaban J connectivity index is 1.65. The summed E-state index contributed by atoms with van der Waals surface area (Å²) >= 11 is 0. The molecule has 1 fully saturated rings. The second-order valence-electron chi connectivity index (χ2n) is 7.52. The summed E-state index contributed by atoms with van der Waals surface area (Å²) in [6, 6.07) is 11.8.